The summed E-state index contributed by atoms with van der Waals surface area (Å²) < 4.78 is 5.58. The molecule has 0 saturated heterocycles. The zero-order chi connectivity index (χ0) is 17.7. The van der Waals surface area contributed by atoms with Crippen LogP contribution in [0.5, 0.6) is 0 Å². The number of hydrogen-bond donors (Lipinski definition) is 2. The lowest BCUT2D eigenvalue weighted by molar-refractivity contribution is 0.129. The Morgan fingerprint density at radius 2 is 1.88 bits per heavy atom. The van der Waals surface area contributed by atoms with Crippen molar-refractivity contribution in [2.24, 2.45) is 4.99 Å². The Hall–Kier alpha value is -1.41. The van der Waals surface area contributed by atoms with Crippen LogP contribution in [-0.2, 0) is 11.3 Å². The number of pyridine rings is 1. The summed E-state index contributed by atoms with van der Waals surface area (Å²) in [4.78, 5) is 9.17. The van der Waals surface area contributed by atoms with Gasteiger partial charge in [-0.05, 0) is 31.2 Å². The van der Waals surface area contributed by atoms with Gasteiger partial charge in [-0.1, -0.05) is 37.6 Å². The SMILES string of the molecule is CCCCOCCCNC(=NCc1nccc2ccccc12)NCC.I. The van der Waals surface area contributed by atoms with Gasteiger partial charge in [0.25, 0.3) is 0 Å². The molecule has 0 unspecified atom stereocenters. The van der Waals surface area contributed by atoms with Crippen LogP contribution < -0.4 is 10.6 Å². The van der Waals surface area contributed by atoms with Crippen molar-refractivity contribution in [3.05, 3.63) is 42.2 Å². The zero-order valence-electron chi connectivity index (χ0n) is 15.8. The largest absolute Gasteiger partial charge is 0.381 e. The lowest BCUT2D eigenvalue weighted by Crippen LogP contribution is -2.38. The number of guanidine groups is 1. The van der Waals surface area contributed by atoms with Gasteiger partial charge in [-0.2, -0.15) is 0 Å². The Bertz CT molecular complexity index is 658. The fourth-order valence-corrected chi connectivity index (χ4v) is 2.53. The monoisotopic (exact) mass is 470 g/mol. The Labute approximate surface area is 174 Å². The third kappa shape index (κ3) is 7.86. The number of ether oxygens (including phenoxy) is 1. The highest BCUT2D eigenvalue weighted by Gasteiger charge is 2.02. The zero-order valence-corrected chi connectivity index (χ0v) is 18.2. The molecule has 0 aliphatic carbocycles. The average molecular weight is 470 g/mol. The number of benzene rings is 1. The molecule has 0 aliphatic heterocycles. The molecule has 0 fully saturated rings. The van der Waals surface area contributed by atoms with Gasteiger partial charge in [0.15, 0.2) is 5.96 Å². The second kappa shape index (κ2) is 13.7. The van der Waals surface area contributed by atoms with Crippen LogP contribution in [0.1, 0.15) is 38.8 Å². The molecular formula is C20H31IN4O. The molecule has 0 amide bonds. The van der Waals surface area contributed by atoms with E-state index in [2.05, 4.69) is 46.6 Å². The van der Waals surface area contributed by atoms with E-state index >= 15 is 0 Å². The molecule has 5 nitrogen and oxygen atoms in total. The first-order chi connectivity index (χ1) is 12.3. The minimum atomic E-state index is 0. The number of nitrogens with zero attached hydrogens (tertiary/aromatic N) is 2. The van der Waals surface area contributed by atoms with E-state index in [0.29, 0.717) is 6.54 Å². The first kappa shape index (κ1) is 22.6. The molecule has 2 rings (SSSR count). The highest BCUT2D eigenvalue weighted by Crippen LogP contribution is 2.16. The van der Waals surface area contributed by atoms with Gasteiger partial charge in [0.1, 0.15) is 0 Å². The normalized spacial score (nSPS) is 11.2. The highest BCUT2D eigenvalue weighted by molar-refractivity contribution is 14.0. The van der Waals surface area contributed by atoms with Crippen molar-refractivity contribution in [1.82, 2.24) is 15.6 Å². The van der Waals surface area contributed by atoms with Gasteiger partial charge in [0.2, 0.25) is 0 Å². The van der Waals surface area contributed by atoms with Crippen LogP contribution in [0.2, 0.25) is 0 Å². The van der Waals surface area contributed by atoms with Gasteiger partial charge in [0, 0.05) is 37.9 Å². The third-order valence-electron chi connectivity index (χ3n) is 3.89. The number of hydrogen-bond acceptors (Lipinski definition) is 3. The minimum absolute atomic E-state index is 0. The van der Waals surface area contributed by atoms with Crippen LogP contribution in [0.25, 0.3) is 10.8 Å². The van der Waals surface area contributed by atoms with E-state index in [1.165, 1.54) is 11.8 Å². The van der Waals surface area contributed by atoms with Crippen LogP contribution in [0.3, 0.4) is 0 Å². The van der Waals surface area contributed by atoms with E-state index in [9.17, 15) is 0 Å². The van der Waals surface area contributed by atoms with E-state index < -0.39 is 0 Å². The molecule has 0 spiro atoms. The van der Waals surface area contributed by atoms with E-state index in [4.69, 9.17) is 4.74 Å². The number of aliphatic imine (C=N–C) groups is 1. The third-order valence-corrected chi connectivity index (χ3v) is 3.89. The van der Waals surface area contributed by atoms with Gasteiger partial charge in [0.05, 0.1) is 12.2 Å². The molecule has 1 aromatic carbocycles. The summed E-state index contributed by atoms with van der Waals surface area (Å²) in [6.45, 7) is 8.14. The van der Waals surface area contributed by atoms with Crippen LogP contribution in [0.4, 0.5) is 0 Å². The molecule has 0 saturated carbocycles. The molecule has 2 aromatic rings. The lowest BCUT2D eigenvalue weighted by Gasteiger charge is -2.11. The standard InChI is InChI=1S/C20H30N4O.HI/c1-3-5-14-25-15-8-12-23-20(21-4-2)24-16-19-18-10-7-6-9-17(18)11-13-22-19;/h6-7,9-11,13H,3-5,8,12,14-16H2,1-2H3,(H2,21,23,24);1H. The number of halogens is 1. The maximum Gasteiger partial charge on any atom is 0.191 e. The predicted octanol–water partition coefficient (Wildman–Crippen LogP) is 4.11. The number of aromatic nitrogens is 1. The van der Waals surface area contributed by atoms with Crippen molar-refractivity contribution in [2.45, 2.75) is 39.7 Å². The second-order valence-corrected chi connectivity index (χ2v) is 5.92. The lowest BCUT2D eigenvalue weighted by atomic mass is 10.1. The van der Waals surface area contributed by atoms with Crippen molar-refractivity contribution in [2.75, 3.05) is 26.3 Å². The molecule has 0 radical (unpaired) electrons. The van der Waals surface area contributed by atoms with Crippen LogP contribution in [0.15, 0.2) is 41.5 Å². The summed E-state index contributed by atoms with van der Waals surface area (Å²) in [6.07, 6.45) is 5.13. The fourth-order valence-electron chi connectivity index (χ4n) is 2.53. The number of fused-ring (bicyclic) bond motifs is 1. The van der Waals surface area contributed by atoms with Gasteiger partial charge >= 0.3 is 0 Å². The number of nitrogens with one attached hydrogen (secondary N) is 2. The predicted molar refractivity (Wildman–Crippen MR) is 120 cm³/mol. The van der Waals surface area contributed by atoms with Crippen LogP contribution in [-0.4, -0.2) is 37.2 Å². The topological polar surface area (TPSA) is 58.5 Å². The smallest absolute Gasteiger partial charge is 0.191 e. The van der Waals surface area contributed by atoms with E-state index in [0.717, 1.165) is 56.2 Å². The fraction of sp³-hybridized carbons (Fsp3) is 0.500. The maximum atomic E-state index is 5.58. The van der Waals surface area contributed by atoms with Gasteiger partial charge < -0.3 is 15.4 Å². The molecule has 1 heterocycles. The second-order valence-electron chi connectivity index (χ2n) is 5.92. The van der Waals surface area contributed by atoms with E-state index in [1.807, 2.05) is 24.4 Å². The van der Waals surface area contributed by atoms with Crippen molar-refractivity contribution in [3.63, 3.8) is 0 Å². The Balaban J connectivity index is 0.00000338. The molecule has 6 heteroatoms. The minimum Gasteiger partial charge on any atom is -0.381 e. The van der Waals surface area contributed by atoms with Crippen molar-refractivity contribution in [3.8, 4) is 0 Å². The molecule has 144 valence electrons. The summed E-state index contributed by atoms with van der Waals surface area (Å²) in [5.41, 5.74) is 0.998. The molecule has 2 N–H and O–H groups in total. The Kier molecular flexibility index (Phi) is 12.0. The first-order valence-corrected chi connectivity index (χ1v) is 9.27. The summed E-state index contributed by atoms with van der Waals surface area (Å²) in [7, 11) is 0. The molecule has 0 atom stereocenters. The van der Waals surface area contributed by atoms with Crippen molar-refractivity contribution < 1.29 is 4.74 Å². The summed E-state index contributed by atoms with van der Waals surface area (Å²) >= 11 is 0. The quantitative estimate of drug-likeness (QED) is 0.238. The first-order valence-electron chi connectivity index (χ1n) is 9.27. The van der Waals surface area contributed by atoms with Crippen LogP contribution >= 0.6 is 24.0 Å². The Morgan fingerprint density at radius 3 is 2.69 bits per heavy atom. The van der Waals surface area contributed by atoms with Gasteiger partial charge in [-0.15, -0.1) is 24.0 Å². The molecule has 0 aliphatic rings. The number of unbranched alkanes of at least 4 members (excludes halogenated alkanes) is 1. The Morgan fingerprint density at radius 1 is 1.08 bits per heavy atom. The molecule has 26 heavy (non-hydrogen) atoms. The van der Waals surface area contributed by atoms with Gasteiger partial charge in [-0.25, -0.2) is 4.99 Å². The number of rotatable bonds is 10. The highest BCUT2D eigenvalue weighted by atomic mass is 127. The summed E-state index contributed by atoms with van der Waals surface area (Å²) in [5, 5.41) is 9.00. The van der Waals surface area contributed by atoms with Crippen LogP contribution in [0, 0.1) is 0 Å². The molecule has 0 bridgehead atoms. The van der Waals surface area contributed by atoms with Crippen molar-refractivity contribution in [1.29, 1.82) is 0 Å². The summed E-state index contributed by atoms with van der Waals surface area (Å²) in [5.74, 6) is 0.825. The summed E-state index contributed by atoms with van der Waals surface area (Å²) in [6, 6.07) is 10.3. The molecular weight excluding hydrogens is 439 g/mol. The van der Waals surface area contributed by atoms with E-state index in [1.54, 1.807) is 0 Å². The molecule has 1 aromatic heterocycles. The van der Waals surface area contributed by atoms with Crippen molar-refractivity contribution >= 4 is 40.7 Å². The average Bonchev–Trinajstić information content (AvgIpc) is 2.65. The maximum absolute atomic E-state index is 5.58. The van der Waals surface area contributed by atoms with E-state index in [-0.39, 0.29) is 24.0 Å². The van der Waals surface area contributed by atoms with Gasteiger partial charge in [-0.3, -0.25) is 4.98 Å².